The predicted molar refractivity (Wildman–Crippen MR) is 209 cm³/mol. The summed E-state index contributed by atoms with van der Waals surface area (Å²) in [6.07, 6.45) is -11.7. The summed E-state index contributed by atoms with van der Waals surface area (Å²) in [5, 5.41) is 56.6. The molecule has 0 radical (unpaired) electrons. The average Bonchev–Trinajstić information content (AvgIpc) is 3.18. The third kappa shape index (κ3) is 12.7. The molecule has 2 fully saturated rings. The van der Waals surface area contributed by atoms with Crippen molar-refractivity contribution in [2.24, 2.45) is 23.7 Å². The van der Waals surface area contributed by atoms with E-state index in [1.807, 2.05) is 0 Å². The van der Waals surface area contributed by atoms with E-state index in [1.54, 1.807) is 66.6 Å². The number of Topliss-reactive ketones (excluding diaryl/α,β-unsaturated/α-hetero) is 1. The first-order chi connectivity index (χ1) is 27.3. The normalized spacial score (nSPS) is 42.6. The molecule has 0 aromatic heterocycles. The number of hydrogen-bond donors (Lipinski definition) is 5. The molecule has 5 N–H and O–H groups in total. The fourth-order valence-corrected chi connectivity index (χ4v) is 8.48. The maximum atomic E-state index is 13.9. The Morgan fingerprint density at radius 2 is 1.45 bits per heavy atom. The van der Waals surface area contributed by atoms with Crippen molar-refractivity contribution >= 4 is 11.8 Å². The number of allylic oxidation sites excluding steroid dienone is 1. The topological polar surface area (TPSA) is 222 Å². The number of hydrogen-bond acceptors (Lipinski definition) is 17. The molecule has 3 heterocycles. The molecular weight excluding hydrogens is 762 g/mol. The van der Waals surface area contributed by atoms with Crippen LogP contribution in [-0.2, 0) is 52.2 Å². The van der Waals surface area contributed by atoms with Crippen molar-refractivity contribution < 1.29 is 77.8 Å². The Hall–Kier alpha value is -1.68. The Kier molecular flexibility index (Phi) is 20.5. The number of ether oxygens (including phenoxy) is 9. The van der Waals surface area contributed by atoms with E-state index in [2.05, 4.69) is 0 Å². The van der Waals surface area contributed by atoms with Crippen molar-refractivity contribution in [2.45, 2.75) is 166 Å². The van der Waals surface area contributed by atoms with E-state index in [9.17, 15) is 35.1 Å². The standard InChI is InChI=1S/C41H73NO16/c1-13-29-26(19-54-41-39(53-12)38(52-11)35(48)24(6)56-41)33(46)20(2)14-15-27(43)21(3)16-25(17-31(50-9)51-10)37(22(4)28(44)18-30(45)57-29)58-40-36(49)32(42(7)8)34(47)23(5)55-40/h14,21-26,28-29,31-41,44,46-49H,13,15-19H2,1-12H3/b20-14+/t21-,22+,23-,24-,25-,26-,28-,29-,32+,33+,34-,35-,36-,37-,38-,39-,40+,41-/m1/s1. The van der Waals surface area contributed by atoms with Gasteiger partial charge in [-0.15, -0.1) is 0 Å². The molecule has 17 heteroatoms. The molecule has 0 aromatic carbocycles. The summed E-state index contributed by atoms with van der Waals surface area (Å²) in [7, 11) is 9.32. The fraction of sp³-hybridized carbons (Fsp3) is 0.902. The SMILES string of the molecule is CC[C@H]1OC(=O)C[C@@H](O)[C@H](C)[C@@H](O[C@@H]2O[C@H](C)[C@@H](O)[C@H](N(C)C)[C@H]2O)[C@@H](CC(OC)OC)C[C@@H](C)C(=O)C/C=C(\C)[C@H](O)[C@@H]1CO[C@@H]1O[C@H](C)[C@@H](O)[C@@H](OC)[C@H]1OC. The summed E-state index contributed by atoms with van der Waals surface area (Å²) in [5.74, 6) is -3.59. The number of esters is 1. The molecule has 2 saturated heterocycles. The molecule has 3 aliphatic heterocycles. The lowest BCUT2D eigenvalue weighted by Gasteiger charge is -2.47. The molecule has 3 rings (SSSR count). The van der Waals surface area contributed by atoms with Crippen LogP contribution >= 0.6 is 0 Å². The van der Waals surface area contributed by atoms with E-state index in [-0.39, 0.29) is 38.1 Å². The highest BCUT2D eigenvalue weighted by Gasteiger charge is 2.48. The van der Waals surface area contributed by atoms with Crippen LogP contribution in [0.25, 0.3) is 0 Å². The average molecular weight is 836 g/mol. The molecule has 58 heavy (non-hydrogen) atoms. The number of aliphatic hydroxyl groups is 5. The van der Waals surface area contributed by atoms with Crippen LogP contribution in [0.1, 0.15) is 73.6 Å². The minimum atomic E-state index is -1.34. The molecular formula is C41H73NO16. The Balaban J connectivity index is 2.03. The molecule has 0 aromatic rings. The first kappa shape index (κ1) is 50.7. The Labute approximate surface area is 344 Å². The van der Waals surface area contributed by atoms with Gasteiger partial charge in [0.1, 0.15) is 36.3 Å². The molecule has 0 saturated carbocycles. The minimum absolute atomic E-state index is 0.0185. The smallest absolute Gasteiger partial charge is 0.308 e. The van der Waals surface area contributed by atoms with Crippen molar-refractivity contribution in [2.75, 3.05) is 49.1 Å². The second-order valence-electron chi connectivity index (χ2n) is 16.5. The fourth-order valence-electron chi connectivity index (χ4n) is 8.48. The van der Waals surface area contributed by atoms with Crippen LogP contribution in [0.5, 0.6) is 0 Å². The molecule has 18 atom stereocenters. The molecule has 0 bridgehead atoms. The molecule has 17 nitrogen and oxygen atoms in total. The van der Waals surface area contributed by atoms with Gasteiger partial charge in [0.2, 0.25) is 0 Å². The van der Waals surface area contributed by atoms with Gasteiger partial charge in [-0.3, -0.25) is 9.59 Å². The number of methoxy groups -OCH3 is 4. The molecule has 338 valence electrons. The van der Waals surface area contributed by atoms with Gasteiger partial charge in [0, 0.05) is 59.0 Å². The highest BCUT2D eigenvalue weighted by atomic mass is 16.7. The van der Waals surface area contributed by atoms with Crippen LogP contribution in [0.4, 0.5) is 0 Å². The largest absolute Gasteiger partial charge is 0.462 e. The maximum Gasteiger partial charge on any atom is 0.308 e. The van der Waals surface area contributed by atoms with Gasteiger partial charge in [0.25, 0.3) is 0 Å². The molecule has 0 unspecified atom stereocenters. The number of likely N-dealkylation sites (N-methyl/N-ethyl adjacent to an activating group) is 1. The lowest BCUT2D eigenvalue weighted by atomic mass is 9.79. The van der Waals surface area contributed by atoms with Crippen LogP contribution in [-0.4, -0.2) is 183 Å². The Bertz CT molecular complexity index is 1280. The van der Waals surface area contributed by atoms with Crippen LogP contribution in [0, 0.1) is 23.7 Å². The van der Waals surface area contributed by atoms with Gasteiger partial charge in [0.05, 0.1) is 55.7 Å². The van der Waals surface area contributed by atoms with Crippen LogP contribution < -0.4 is 0 Å². The second-order valence-corrected chi connectivity index (χ2v) is 16.5. The van der Waals surface area contributed by atoms with E-state index in [0.717, 1.165) is 0 Å². The van der Waals surface area contributed by atoms with Crippen molar-refractivity contribution in [1.82, 2.24) is 4.90 Å². The third-order valence-electron chi connectivity index (χ3n) is 12.3. The summed E-state index contributed by atoms with van der Waals surface area (Å²) < 4.78 is 53.1. The monoisotopic (exact) mass is 835 g/mol. The molecule has 0 amide bonds. The Morgan fingerprint density at radius 3 is 2.02 bits per heavy atom. The maximum absolute atomic E-state index is 13.9. The number of aliphatic hydroxyl groups excluding tert-OH is 5. The highest BCUT2D eigenvalue weighted by Crippen LogP contribution is 2.36. The number of rotatable bonds is 13. The van der Waals surface area contributed by atoms with E-state index >= 15 is 0 Å². The lowest BCUT2D eigenvalue weighted by molar-refractivity contribution is -0.306. The highest BCUT2D eigenvalue weighted by molar-refractivity contribution is 5.82. The summed E-state index contributed by atoms with van der Waals surface area (Å²) in [6, 6.07) is -0.741. The quantitative estimate of drug-likeness (QED) is 0.0999. The van der Waals surface area contributed by atoms with Crippen molar-refractivity contribution in [3.63, 3.8) is 0 Å². The Morgan fingerprint density at radius 1 is 0.845 bits per heavy atom. The zero-order valence-corrected chi connectivity index (χ0v) is 36.5. The van der Waals surface area contributed by atoms with Crippen LogP contribution in [0.15, 0.2) is 11.6 Å². The van der Waals surface area contributed by atoms with Gasteiger partial charge in [-0.25, -0.2) is 0 Å². The van der Waals surface area contributed by atoms with E-state index in [1.165, 1.54) is 28.4 Å². The van der Waals surface area contributed by atoms with Crippen molar-refractivity contribution in [3.8, 4) is 0 Å². The summed E-state index contributed by atoms with van der Waals surface area (Å²) >= 11 is 0. The summed E-state index contributed by atoms with van der Waals surface area (Å²) in [6.45, 7) is 10.2. The van der Waals surface area contributed by atoms with Gasteiger partial charge >= 0.3 is 5.97 Å². The molecule has 0 spiro atoms. The zero-order chi connectivity index (χ0) is 43.6. The molecule has 0 aliphatic carbocycles. The number of carbonyl (C=O) groups is 2. The first-order valence-corrected chi connectivity index (χ1v) is 20.5. The van der Waals surface area contributed by atoms with E-state index in [0.29, 0.717) is 5.57 Å². The predicted octanol–water partition coefficient (Wildman–Crippen LogP) is 1.18. The second kappa shape index (κ2) is 23.5. The minimum Gasteiger partial charge on any atom is -0.462 e. The van der Waals surface area contributed by atoms with Gasteiger partial charge < -0.3 is 73.1 Å². The third-order valence-corrected chi connectivity index (χ3v) is 12.3. The van der Waals surface area contributed by atoms with Crippen LogP contribution in [0.2, 0.25) is 0 Å². The van der Waals surface area contributed by atoms with Crippen LogP contribution in [0.3, 0.4) is 0 Å². The first-order valence-electron chi connectivity index (χ1n) is 20.5. The summed E-state index contributed by atoms with van der Waals surface area (Å²) in [4.78, 5) is 29.3. The summed E-state index contributed by atoms with van der Waals surface area (Å²) in [5.41, 5.74) is 0.461. The number of ketones is 1. The van der Waals surface area contributed by atoms with E-state index in [4.69, 9.17) is 42.6 Å². The number of cyclic esters (lactones) is 1. The van der Waals surface area contributed by atoms with Gasteiger partial charge in [0.15, 0.2) is 18.9 Å². The van der Waals surface area contributed by atoms with Gasteiger partial charge in [-0.2, -0.15) is 0 Å². The van der Waals surface area contributed by atoms with Crippen molar-refractivity contribution in [3.05, 3.63) is 11.6 Å². The van der Waals surface area contributed by atoms with Crippen molar-refractivity contribution in [1.29, 1.82) is 0 Å². The zero-order valence-electron chi connectivity index (χ0n) is 36.5. The van der Waals surface area contributed by atoms with E-state index < -0.39 is 128 Å². The number of carbonyl (C=O) groups excluding carboxylic acids is 2. The number of nitrogens with zero attached hydrogens (tertiary/aromatic N) is 1. The van der Waals surface area contributed by atoms with Gasteiger partial charge in [-0.05, 0) is 59.2 Å². The van der Waals surface area contributed by atoms with Gasteiger partial charge in [-0.1, -0.05) is 26.8 Å². The lowest BCUT2D eigenvalue weighted by Crippen LogP contribution is -2.63. The molecule has 3 aliphatic rings.